The Morgan fingerprint density at radius 2 is 1.97 bits per heavy atom. The van der Waals surface area contributed by atoms with Gasteiger partial charge in [-0.15, -0.1) is 0 Å². The number of nitrogens with two attached hydrogens (primary N) is 1. The number of methoxy groups -OCH3 is 1. The number of para-hydroxylation sites is 2. The molecule has 158 valence electrons. The Labute approximate surface area is 186 Å². The molecule has 6 nitrogen and oxygen atoms in total. The molecule has 1 aliphatic heterocycles. The molecule has 3 aromatic rings. The Morgan fingerprint density at radius 3 is 2.71 bits per heavy atom. The van der Waals surface area contributed by atoms with Crippen LogP contribution in [0.5, 0.6) is 5.75 Å². The fourth-order valence-electron chi connectivity index (χ4n) is 3.69. The van der Waals surface area contributed by atoms with Crippen LogP contribution in [0.3, 0.4) is 0 Å². The summed E-state index contributed by atoms with van der Waals surface area (Å²) in [5, 5.41) is 2.77. The second kappa shape index (κ2) is 8.39. The van der Waals surface area contributed by atoms with Crippen LogP contribution in [-0.2, 0) is 11.3 Å². The molecule has 0 saturated heterocycles. The predicted octanol–water partition coefficient (Wildman–Crippen LogP) is 4.51. The van der Waals surface area contributed by atoms with Crippen molar-refractivity contribution in [3.05, 3.63) is 87.6 Å². The maximum Gasteiger partial charge on any atom is 0.255 e. The number of anilines is 2. The Kier molecular flexibility index (Phi) is 5.65. The molecule has 2 amide bonds. The zero-order valence-corrected chi connectivity index (χ0v) is 18.1. The lowest BCUT2D eigenvalue weighted by atomic mass is 10.0. The van der Waals surface area contributed by atoms with E-state index in [1.165, 1.54) is 30.2 Å². The molecule has 1 atom stereocenters. The van der Waals surface area contributed by atoms with E-state index in [0.29, 0.717) is 22.7 Å². The molecule has 31 heavy (non-hydrogen) atoms. The fraction of sp³-hybridized carbons (Fsp3) is 0.130. The van der Waals surface area contributed by atoms with Crippen LogP contribution >= 0.6 is 15.9 Å². The smallest absolute Gasteiger partial charge is 0.255 e. The first kappa shape index (κ1) is 20.9. The van der Waals surface area contributed by atoms with Crippen LogP contribution in [0.4, 0.5) is 15.8 Å². The van der Waals surface area contributed by atoms with E-state index in [2.05, 4.69) is 21.2 Å². The van der Waals surface area contributed by atoms with Crippen molar-refractivity contribution in [3.63, 3.8) is 0 Å². The fourth-order valence-corrected chi connectivity index (χ4v) is 4.05. The number of rotatable bonds is 5. The van der Waals surface area contributed by atoms with E-state index in [-0.39, 0.29) is 18.0 Å². The van der Waals surface area contributed by atoms with Crippen molar-refractivity contribution in [1.82, 2.24) is 4.90 Å². The zero-order chi connectivity index (χ0) is 22.1. The summed E-state index contributed by atoms with van der Waals surface area (Å²) in [6.07, 6.45) is 0. The SMILES string of the molecule is COc1ccc(F)cc1C(C(=O)Nc1ccccc1N)N1Cc2ccc(Br)cc2C1=O. The van der Waals surface area contributed by atoms with Crippen LogP contribution in [0.25, 0.3) is 0 Å². The quantitative estimate of drug-likeness (QED) is 0.522. The number of carbonyl (C=O) groups excluding carboxylic acids is 2. The van der Waals surface area contributed by atoms with Crippen molar-refractivity contribution in [2.24, 2.45) is 0 Å². The molecule has 0 spiro atoms. The number of benzene rings is 3. The van der Waals surface area contributed by atoms with Crippen molar-refractivity contribution >= 4 is 39.1 Å². The number of amides is 2. The second-order valence-electron chi connectivity index (χ2n) is 7.10. The number of hydrogen-bond acceptors (Lipinski definition) is 4. The third-order valence-electron chi connectivity index (χ3n) is 5.17. The lowest BCUT2D eigenvalue weighted by Gasteiger charge is -2.28. The highest BCUT2D eigenvalue weighted by Gasteiger charge is 2.39. The Morgan fingerprint density at radius 1 is 1.19 bits per heavy atom. The maximum atomic E-state index is 14.2. The lowest BCUT2D eigenvalue weighted by molar-refractivity contribution is -0.120. The van der Waals surface area contributed by atoms with E-state index in [0.717, 1.165) is 10.0 Å². The van der Waals surface area contributed by atoms with Gasteiger partial charge in [-0.05, 0) is 48.0 Å². The summed E-state index contributed by atoms with van der Waals surface area (Å²) >= 11 is 3.37. The maximum absolute atomic E-state index is 14.2. The highest BCUT2D eigenvalue weighted by molar-refractivity contribution is 9.10. The van der Waals surface area contributed by atoms with E-state index in [9.17, 15) is 14.0 Å². The van der Waals surface area contributed by atoms with Crippen LogP contribution in [0.2, 0.25) is 0 Å². The van der Waals surface area contributed by atoms with Crippen LogP contribution in [0.1, 0.15) is 27.5 Å². The molecule has 1 unspecified atom stereocenters. The number of nitrogens with zero attached hydrogens (tertiary/aromatic N) is 1. The second-order valence-corrected chi connectivity index (χ2v) is 8.02. The molecule has 1 heterocycles. The van der Waals surface area contributed by atoms with Crippen LogP contribution < -0.4 is 15.8 Å². The summed E-state index contributed by atoms with van der Waals surface area (Å²) in [6.45, 7) is 0.198. The first-order valence-electron chi connectivity index (χ1n) is 9.47. The van der Waals surface area contributed by atoms with Gasteiger partial charge in [0.05, 0.1) is 18.5 Å². The highest BCUT2D eigenvalue weighted by Crippen LogP contribution is 2.37. The van der Waals surface area contributed by atoms with E-state index in [1.54, 1.807) is 30.3 Å². The third-order valence-corrected chi connectivity index (χ3v) is 5.66. The van der Waals surface area contributed by atoms with Gasteiger partial charge in [0, 0.05) is 22.1 Å². The zero-order valence-electron chi connectivity index (χ0n) is 16.6. The molecule has 0 radical (unpaired) electrons. The van der Waals surface area contributed by atoms with Crippen molar-refractivity contribution in [3.8, 4) is 5.75 Å². The van der Waals surface area contributed by atoms with Crippen molar-refractivity contribution in [2.75, 3.05) is 18.2 Å². The minimum atomic E-state index is -1.14. The van der Waals surface area contributed by atoms with E-state index in [4.69, 9.17) is 10.5 Å². The van der Waals surface area contributed by atoms with E-state index >= 15 is 0 Å². The molecule has 0 bridgehead atoms. The van der Waals surface area contributed by atoms with Crippen molar-refractivity contribution in [1.29, 1.82) is 0 Å². The minimum absolute atomic E-state index is 0.198. The average Bonchev–Trinajstić information content (AvgIpc) is 3.06. The molecule has 0 aromatic heterocycles. The normalized spacial score (nSPS) is 13.6. The molecule has 3 N–H and O–H groups in total. The van der Waals surface area contributed by atoms with Gasteiger partial charge < -0.3 is 20.7 Å². The van der Waals surface area contributed by atoms with Gasteiger partial charge in [-0.3, -0.25) is 9.59 Å². The number of hydrogen-bond donors (Lipinski definition) is 2. The first-order valence-corrected chi connectivity index (χ1v) is 10.3. The summed E-state index contributed by atoms with van der Waals surface area (Å²) in [7, 11) is 1.43. The molecular formula is C23H19BrFN3O3. The minimum Gasteiger partial charge on any atom is -0.496 e. The van der Waals surface area contributed by atoms with Gasteiger partial charge in [-0.2, -0.15) is 0 Å². The topological polar surface area (TPSA) is 84.7 Å². The van der Waals surface area contributed by atoms with Gasteiger partial charge in [0.15, 0.2) is 0 Å². The average molecular weight is 484 g/mol. The van der Waals surface area contributed by atoms with Gasteiger partial charge >= 0.3 is 0 Å². The third kappa shape index (κ3) is 3.98. The lowest BCUT2D eigenvalue weighted by Crippen LogP contribution is -2.38. The number of halogens is 2. The van der Waals surface area contributed by atoms with Crippen molar-refractivity contribution < 1.29 is 18.7 Å². The monoisotopic (exact) mass is 483 g/mol. The summed E-state index contributed by atoms with van der Waals surface area (Å²) in [6, 6.07) is 14.9. The summed E-state index contributed by atoms with van der Waals surface area (Å²) in [5.74, 6) is -1.10. The number of fused-ring (bicyclic) bond motifs is 1. The molecule has 0 saturated carbocycles. The largest absolute Gasteiger partial charge is 0.496 e. The first-order chi connectivity index (χ1) is 14.9. The summed E-state index contributed by atoms with van der Waals surface area (Å²) < 4.78 is 20.3. The van der Waals surface area contributed by atoms with Crippen molar-refractivity contribution in [2.45, 2.75) is 12.6 Å². The molecule has 4 rings (SSSR count). The van der Waals surface area contributed by atoms with Crippen LogP contribution in [-0.4, -0.2) is 23.8 Å². The summed E-state index contributed by atoms with van der Waals surface area (Å²) in [4.78, 5) is 28.1. The number of ether oxygens (including phenoxy) is 1. The number of nitrogens with one attached hydrogen (secondary N) is 1. The van der Waals surface area contributed by atoms with E-state index in [1.807, 2.05) is 12.1 Å². The Hall–Kier alpha value is -3.39. The molecule has 1 aliphatic rings. The highest BCUT2D eigenvalue weighted by atomic mass is 79.9. The molecule has 0 fully saturated rings. The molecule has 8 heteroatoms. The molecule has 0 aliphatic carbocycles. The molecule has 3 aromatic carbocycles. The van der Waals surface area contributed by atoms with Gasteiger partial charge in [0.2, 0.25) is 0 Å². The number of nitrogen functional groups attached to an aromatic ring is 1. The standard InChI is InChI=1S/C23H19BrFN3O3/c1-31-20-9-8-15(25)11-17(20)21(22(29)27-19-5-3-2-4-18(19)26)28-12-13-6-7-14(24)10-16(13)23(28)30/h2-11,21H,12,26H2,1H3,(H,27,29). The molecular weight excluding hydrogens is 465 g/mol. The van der Waals surface area contributed by atoms with Crippen LogP contribution in [0.15, 0.2) is 65.1 Å². The Balaban J connectivity index is 1.79. The van der Waals surface area contributed by atoms with Gasteiger partial charge in [-0.25, -0.2) is 4.39 Å². The summed E-state index contributed by atoms with van der Waals surface area (Å²) in [5.41, 5.74) is 8.26. The van der Waals surface area contributed by atoms with Gasteiger partial charge in [0.1, 0.15) is 17.6 Å². The predicted molar refractivity (Wildman–Crippen MR) is 119 cm³/mol. The van der Waals surface area contributed by atoms with Crippen LogP contribution in [0, 0.1) is 5.82 Å². The number of carbonyl (C=O) groups is 2. The van der Waals surface area contributed by atoms with E-state index < -0.39 is 17.8 Å². The van der Waals surface area contributed by atoms with Gasteiger partial charge in [-0.1, -0.05) is 34.1 Å². The van der Waals surface area contributed by atoms with Gasteiger partial charge in [0.25, 0.3) is 11.8 Å². The Bertz CT molecular complexity index is 1180.